The zero-order valence-electron chi connectivity index (χ0n) is 9.11. The van der Waals surface area contributed by atoms with E-state index < -0.39 is 18.0 Å². The number of aliphatic carboxylic acids is 1. The minimum Gasteiger partial charge on any atom is -0.481 e. The number of carbonyl (C=O) groups is 2. The van der Waals surface area contributed by atoms with Gasteiger partial charge in [-0.1, -0.05) is 0 Å². The molecule has 0 heterocycles. The third-order valence-electron chi connectivity index (χ3n) is 1.49. The van der Waals surface area contributed by atoms with Crippen LogP contribution in [0.5, 0.6) is 0 Å². The molecule has 5 nitrogen and oxygen atoms in total. The highest BCUT2D eigenvalue weighted by molar-refractivity contribution is 5.69. The van der Waals surface area contributed by atoms with Crippen LogP contribution in [0.3, 0.4) is 0 Å². The number of esters is 1. The van der Waals surface area contributed by atoms with Gasteiger partial charge in [0, 0.05) is 6.92 Å². The fourth-order valence-corrected chi connectivity index (χ4v) is 1.18. The fourth-order valence-electron chi connectivity index (χ4n) is 1.18. The van der Waals surface area contributed by atoms with Gasteiger partial charge in [0.25, 0.3) is 0 Å². The number of hydrogen-bond donors (Lipinski definition) is 1. The van der Waals surface area contributed by atoms with E-state index in [1.807, 2.05) is 21.1 Å². The highest BCUT2D eigenvalue weighted by Crippen LogP contribution is 2.04. The number of ether oxygens (including phenoxy) is 1. The van der Waals surface area contributed by atoms with E-state index in [1.165, 1.54) is 6.92 Å². The topological polar surface area (TPSA) is 63.6 Å². The SMILES string of the molecule is C[11C](=O)OC(CC(=O)O)C[N+](C)(C)C. The first-order valence-corrected chi connectivity index (χ1v) is 4.40. The molecule has 0 saturated heterocycles. The van der Waals surface area contributed by atoms with Crippen molar-refractivity contribution >= 4 is 11.9 Å². The molecule has 0 rings (SSSR count). The molecule has 0 aliphatic rings. The van der Waals surface area contributed by atoms with Crippen LogP contribution in [0.4, 0.5) is 0 Å². The Morgan fingerprint density at radius 1 is 1.36 bits per heavy atom. The third-order valence-corrected chi connectivity index (χ3v) is 1.49. The van der Waals surface area contributed by atoms with Gasteiger partial charge in [-0.05, 0) is 0 Å². The predicted molar refractivity (Wildman–Crippen MR) is 50.7 cm³/mol. The van der Waals surface area contributed by atoms with Crippen LogP contribution in [0.2, 0.25) is 0 Å². The molecule has 0 saturated carbocycles. The summed E-state index contributed by atoms with van der Waals surface area (Å²) in [6.07, 6.45) is -0.695. The lowest BCUT2D eigenvalue weighted by atomic mass is 10.1. The minimum absolute atomic E-state index is 0.144. The van der Waals surface area contributed by atoms with Crippen molar-refractivity contribution in [2.45, 2.75) is 19.4 Å². The molecule has 82 valence electrons. The molecular formula is C9H18NO4+. The summed E-state index contributed by atoms with van der Waals surface area (Å²) in [4.78, 5) is 21.2. The number of carboxylic acid groups (broad SMARTS) is 1. The maximum Gasteiger partial charge on any atom is 0.307 e. The molecule has 0 aromatic rings. The number of carbonyl (C=O) groups excluding carboxylic acids is 1. The maximum absolute atomic E-state index is 10.7. The second kappa shape index (κ2) is 4.95. The molecule has 0 aromatic carbocycles. The smallest absolute Gasteiger partial charge is 0.307 e. The van der Waals surface area contributed by atoms with E-state index in [1.54, 1.807) is 0 Å². The second-order valence-electron chi connectivity index (χ2n) is 4.30. The van der Waals surface area contributed by atoms with Gasteiger partial charge < -0.3 is 14.3 Å². The molecule has 1 atom stereocenters. The van der Waals surface area contributed by atoms with Crippen LogP contribution in [0, 0.1) is 0 Å². The van der Waals surface area contributed by atoms with E-state index in [0.29, 0.717) is 11.0 Å². The van der Waals surface area contributed by atoms with Gasteiger partial charge in [0.2, 0.25) is 0 Å². The van der Waals surface area contributed by atoms with Crippen LogP contribution in [-0.2, 0) is 14.3 Å². The van der Waals surface area contributed by atoms with Crippen molar-refractivity contribution in [2.75, 3.05) is 27.7 Å². The van der Waals surface area contributed by atoms with Crippen molar-refractivity contribution in [1.82, 2.24) is 0 Å². The number of carboxylic acids is 1. The lowest BCUT2D eigenvalue weighted by Gasteiger charge is -2.28. The molecule has 1 unspecified atom stereocenters. The van der Waals surface area contributed by atoms with Gasteiger partial charge in [-0.25, -0.2) is 0 Å². The Morgan fingerprint density at radius 3 is 2.14 bits per heavy atom. The maximum atomic E-state index is 10.7. The normalized spacial score (nSPS) is 13.4. The van der Waals surface area contributed by atoms with Crippen molar-refractivity contribution < 1.29 is 23.9 Å². The largest absolute Gasteiger partial charge is 0.481 e. The second-order valence-corrected chi connectivity index (χ2v) is 4.30. The van der Waals surface area contributed by atoms with Crippen molar-refractivity contribution in [2.24, 2.45) is 0 Å². The van der Waals surface area contributed by atoms with E-state index >= 15 is 0 Å². The van der Waals surface area contributed by atoms with Crippen LogP contribution < -0.4 is 0 Å². The Labute approximate surface area is 83.9 Å². The molecule has 0 radical (unpaired) electrons. The van der Waals surface area contributed by atoms with Gasteiger partial charge >= 0.3 is 11.9 Å². The van der Waals surface area contributed by atoms with E-state index in [2.05, 4.69) is 0 Å². The van der Waals surface area contributed by atoms with E-state index in [0.717, 1.165) is 0 Å². The van der Waals surface area contributed by atoms with Crippen molar-refractivity contribution in [1.29, 1.82) is 0 Å². The fraction of sp³-hybridized carbons (Fsp3) is 0.778. The standard InChI is InChI=1S/C9H17NO4/c1-7(11)14-8(5-9(12)13)6-10(2,3)4/h8H,5-6H2,1-4H3/p+1/i7-1. The Bertz CT molecular complexity index is 203. The molecule has 1 N–H and O–H groups in total. The van der Waals surface area contributed by atoms with Gasteiger partial charge in [0.05, 0.1) is 27.6 Å². The van der Waals surface area contributed by atoms with Gasteiger partial charge in [-0.2, -0.15) is 0 Å². The van der Waals surface area contributed by atoms with E-state index in [-0.39, 0.29) is 6.42 Å². The summed E-state index contributed by atoms with van der Waals surface area (Å²) in [6.45, 7) is 1.77. The molecule has 0 fully saturated rings. The van der Waals surface area contributed by atoms with E-state index in [9.17, 15) is 9.59 Å². The molecule has 5 heteroatoms. The number of quaternary nitrogens is 1. The summed E-state index contributed by atoms with van der Waals surface area (Å²) < 4.78 is 5.46. The van der Waals surface area contributed by atoms with Crippen molar-refractivity contribution in [3.8, 4) is 0 Å². The Balaban J connectivity index is 4.24. The highest BCUT2D eigenvalue weighted by atomic mass is 16.5. The molecule has 0 aliphatic carbocycles. The quantitative estimate of drug-likeness (QED) is 0.508. The molecule has 0 spiro atoms. The number of rotatable bonds is 5. The zero-order chi connectivity index (χ0) is 11.4. The first-order valence-electron chi connectivity index (χ1n) is 4.40. The van der Waals surface area contributed by atoms with E-state index in [4.69, 9.17) is 9.84 Å². The lowest BCUT2D eigenvalue weighted by molar-refractivity contribution is -0.873. The van der Waals surface area contributed by atoms with Crippen LogP contribution in [0.25, 0.3) is 0 Å². The molecule has 0 aliphatic heterocycles. The monoisotopic (exact) mass is 203 g/mol. The summed E-state index contributed by atoms with van der Waals surface area (Å²) in [5.74, 6) is -1.39. The lowest BCUT2D eigenvalue weighted by Crippen LogP contribution is -2.43. The summed E-state index contributed by atoms with van der Waals surface area (Å²) in [7, 11) is 5.75. The molecule has 0 bridgehead atoms. The average Bonchev–Trinajstić information content (AvgIpc) is 1.77. The Kier molecular flexibility index (Phi) is 4.56. The first-order chi connectivity index (χ1) is 6.20. The van der Waals surface area contributed by atoms with Gasteiger partial charge in [0.1, 0.15) is 6.54 Å². The first kappa shape index (κ1) is 12.9. The molecule has 0 amide bonds. The van der Waals surface area contributed by atoms with Crippen LogP contribution in [0.1, 0.15) is 13.3 Å². The average molecular weight is 203 g/mol. The third kappa shape index (κ3) is 7.54. The zero-order valence-corrected chi connectivity index (χ0v) is 9.11. The summed E-state index contributed by atoms with van der Waals surface area (Å²) in [5, 5.41) is 8.60. The molecule has 0 aromatic heterocycles. The number of hydrogen-bond acceptors (Lipinski definition) is 3. The van der Waals surface area contributed by atoms with Crippen LogP contribution in [-0.4, -0.2) is 55.3 Å². The minimum atomic E-state index is -0.954. The Hall–Kier alpha value is -1.10. The molecular weight excluding hydrogens is 185 g/mol. The molecule has 14 heavy (non-hydrogen) atoms. The number of nitrogens with zero attached hydrogens (tertiary/aromatic N) is 1. The summed E-state index contributed by atoms with van der Waals surface area (Å²) in [6, 6.07) is 0. The summed E-state index contributed by atoms with van der Waals surface area (Å²) in [5.41, 5.74) is 0. The van der Waals surface area contributed by atoms with Crippen LogP contribution in [0.15, 0.2) is 0 Å². The summed E-state index contributed by atoms with van der Waals surface area (Å²) >= 11 is 0. The number of likely N-dealkylation sites (N-methyl/N-ethyl adjacent to an activating group) is 1. The predicted octanol–water partition coefficient (Wildman–Crippen LogP) is 0.0990. The van der Waals surface area contributed by atoms with Crippen molar-refractivity contribution in [3.63, 3.8) is 0 Å². The highest BCUT2D eigenvalue weighted by Gasteiger charge is 2.23. The van der Waals surface area contributed by atoms with Gasteiger partial charge in [-0.3, -0.25) is 9.59 Å². The van der Waals surface area contributed by atoms with Crippen molar-refractivity contribution in [3.05, 3.63) is 0 Å². The Morgan fingerprint density at radius 2 is 1.86 bits per heavy atom. The van der Waals surface area contributed by atoms with Gasteiger partial charge in [-0.15, -0.1) is 0 Å². The van der Waals surface area contributed by atoms with Crippen LogP contribution >= 0.6 is 0 Å². The van der Waals surface area contributed by atoms with Gasteiger partial charge in [0.15, 0.2) is 6.10 Å².